The van der Waals surface area contributed by atoms with Crippen LogP contribution in [0.15, 0.2) is 24.3 Å². The van der Waals surface area contributed by atoms with Crippen molar-refractivity contribution in [2.24, 2.45) is 0 Å². The van der Waals surface area contributed by atoms with Crippen LogP contribution in [0.25, 0.3) is 0 Å². The standard InChI is InChI=1S/C15H25N3O/c1-12(2)18(4)9-8-16-11-15(19)17-14-7-5-6-13(3)10-14/h5-7,10,12,16H,8-9,11H2,1-4H3,(H,17,19). The predicted octanol–water partition coefficient (Wildman–Crippen LogP) is 1.86. The predicted molar refractivity (Wildman–Crippen MR) is 80.4 cm³/mol. The van der Waals surface area contributed by atoms with Gasteiger partial charge in [0.1, 0.15) is 0 Å². The molecular formula is C15H25N3O. The van der Waals surface area contributed by atoms with Crippen LogP contribution in [0.1, 0.15) is 19.4 Å². The Morgan fingerprint density at radius 2 is 2.11 bits per heavy atom. The van der Waals surface area contributed by atoms with Crippen molar-refractivity contribution >= 4 is 11.6 Å². The van der Waals surface area contributed by atoms with E-state index in [4.69, 9.17) is 0 Å². The van der Waals surface area contributed by atoms with Gasteiger partial charge in [0, 0.05) is 24.8 Å². The van der Waals surface area contributed by atoms with E-state index in [-0.39, 0.29) is 5.91 Å². The highest BCUT2D eigenvalue weighted by Gasteiger charge is 2.04. The maximum absolute atomic E-state index is 11.7. The summed E-state index contributed by atoms with van der Waals surface area (Å²) in [6.45, 7) is 8.43. The van der Waals surface area contributed by atoms with Crippen molar-refractivity contribution in [1.82, 2.24) is 10.2 Å². The molecule has 1 aromatic rings. The molecule has 1 amide bonds. The highest BCUT2D eigenvalue weighted by molar-refractivity contribution is 5.92. The Morgan fingerprint density at radius 1 is 1.37 bits per heavy atom. The van der Waals surface area contributed by atoms with Gasteiger partial charge in [-0.05, 0) is 45.5 Å². The quantitative estimate of drug-likeness (QED) is 0.738. The van der Waals surface area contributed by atoms with Crippen molar-refractivity contribution < 1.29 is 4.79 Å². The zero-order valence-corrected chi connectivity index (χ0v) is 12.4. The van der Waals surface area contributed by atoms with E-state index in [2.05, 4.69) is 36.4 Å². The first-order chi connectivity index (χ1) is 8.99. The fraction of sp³-hybridized carbons (Fsp3) is 0.533. The molecule has 0 saturated carbocycles. The number of carbonyl (C=O) groups excluding carboxylic acids is 1. The Morgan fingerprint density at radius 3 is 2.74 bits per heavy atom. The lowest BCUT2D eigenvalue weighted by Crippen LogP contribution is -2.36. The second-order valence-corrected chi connectivity index (χ2v) is 5.17. The molecule has 0 fully saturated rings. The molecule has 0 aromatic heterocycles. The highest BCUT2D eigenvalue weighted by atomic mass is 16.1. The van der Waals surface area contributed by atoms with E-state index in [1.165, 1.54) is 0 Å². The van der Waals surface area contributed by atoms with Crippen LogP contribution >= 0.6 is 0 Å². The molecule has 1 aromatic carbocycles. The molecule has 0 spiro atoms. The minimum absolute atomic E-state index is 0.00204. The van der Waals surface area contributed by atoms with Crippen molar-refractivity contribution in [2.45, 2.75) is 26.8 Å². The second kappa shape index (κ2) is 7.92. The first kappa shape index (κ1) is 15.7. The van der Waals surface area contributed by atoms with E-state index in [1.54, 1.807) is 0 Å². The summed E-state index contributed by atoms with van der Waals surface area (Å²) in [5.74, 6) is -0.00204. The van der Waals surface area contributed by atoms with E-state index < -0.39 is 0 Å². The lowest BCUT2D eigenvalue weighted by molar-refractivity contribution is -0.115. The number of aryl methyl sites for hydroxylation is 1. The Bertz CT molecular complexity index is 404. The van der Waals surface area contributed by atoms with Crippen LogP contribution in [-0.4, -0.2) is 43.5 Å². The first-order valence-corrected chi connectivity index (χ1v) is 6.76. The monoisotopic (exact) mass is 263 g/mol. The molecule has 0 radical (unpaired) electrons. The summed E-state index contributed by atoms with van der Waals surface area (Å²) in [4.78, 5) is 14.0. The maximum atomic E-state index is 11.7. The molecule has 0 aliphatic rings. The van der Waals surface area contributed by atoms with Gasteiger partial charge in [-0.15, -0.1) is 0 Å². The molecule has 2 N–H and O–H groups in total. The minimum Gasteiger partial charge on any atom is -0.325 e. The molecule has 0 aliphatic heterocycles. The number of likely N-dealkylation sites (N-methyl/N-ethyl adjacent to an activating group) is 1. The summed E-state index contributed by atoms with van der Waals surface area (Å²) >= 11 is 0. The zero-order valence-electron chi connectivity index (χ0n) is 12.4. The van der Waals surface area contributed by atoms with Gasteiger partial charge in [-0.1, -0.05) is 12.1 Å². The van der Waals surface area contributed by atoms with Gasteiger partial charge in [0.2, 0.25) is 5.91 Å². The van der Waals surface area contributed by atoms with Crippen molar-refractivity contribution in [1.29, 1.82) is 0 Å². The van der Waals surface area contributed by atoms with E-state index in [0.29, 0.717) is 12.6 Å². The fourth-order valence-electron chi connectivity index (χ4n) is 1.64. The third-order valence-electron chi connectivity index (χ3n) is 3.11. The van der Waals surface area contributed by atoms with E-state index in [1.807, 2.05) is 31.2 Å². The third-order valence-corrected chi connectivity index (χ3v) is 3.11. The smallest absolute Gasteiger partial charge is 0.238 e. The minimum atomic E-state index is -0.00204. The molecule has 0 aliphatic carbocycles. The molecule has 4 heteroatoms. The summed E-state index contributed by atoms with van der Waals surface area (Å²) in [5, 5.41) is 6.03. The number of anilines is 1. The molecule has 0 unspecified atom stereocenters. The Balaban J connectivity index is 2.22. The number of benzene rings is 1. The third kappa shape index (κ3) is 6.36. The van der Waals surface area contributed by atoms with E-state index >= 15 is 0 Å². The molecule has 4 nitrogen and oxygen atoms in total. The van der Waals surface area contributed by atoms with Gasteiger partial charge < -0.3 is 15.5 Å². The van der Waals surface area contributed by atoms with Gasteiger partial charge in [0.15, 0.2) is 0 Å². The van der Waals surface area contributed by atoms with Crippen LogP contribution in [-0.2, 0) is 4.79 Å². The van der Waals surface area contributed by atoms with Gasteiger partial charge in [-0.2, -0.15) is 0 Å². The van der Waals surface area contributed by atoms with Gasteiger partial charge in [0.25, 0.3) is 0 Å². The highest BCUT2D eigenvalue weighted by Crippen LogP contribution is 2.08. The summed E-state index contributed by atoms with van der Waals surface area (Å²) in [6, 6.07) is 8.34. The summed E-state index contributed by atoms with van der Waals surface area (Å²) in [7, 11) is 2.08. The van der Waals surface area contributed by atoms with Crippen LogP contribution in [0.3, 0.4) is 0 Å². The number of rotatable bonds is 7. The SMILES string of the molecule is Cc1cccc(NC(=O)CNCCN(C)C(C)C)c1. The Labute approximate surface area is 116 Å². The largest absolute Gasteiger partial charge is 0.325 e. The number of carbonyl (C=O) groups is 1. The molecule has 1 rings (SSSR count). The van der Waals surface area contributed by atoms with Crippen LogP contribution in [0.5, 0.6) is 0 Å². The lowest BCUT2D eigenvalue weighted by Gasteiger charge is -2.20. The molecule has 0 saturated heterocycles. The van der Waals surface area contributed by atoms with Crippen molar-refractivity contribution in [3.05, 3.63) is 29.8 Å². The van der Waals surface area contributed by atoms with Gasteiger partial charge in [-0.25, -0.2) is 0 Å². The molecule has 106 valence electrons. The molecular weight excluding hydrogens is 238 g/mol. The molecule has 0 bridgehead atoms. The fourth-order valence-corrected chi connectivity index (χ4v) is 1.64. The summed E-state index contributed by atoms with van der Waals surface area (Å²) in [5.41, 5.74) is 2.00. The summed E-state index contributed by atoms with van der Waals surface area (Å²) < 4.78 is 0. The average Bonchev–Trinajstić information content (AvgIpc) is 2.34. The van der Waals surface area contributed by atoms with Crippen LogP contribution in [0.2, 0.25) is 0 Å². The zero-order chi connectivity index (χ0) is 14.3. The topological polar surface area (TPSA) is 44.4 Å². The van der Waals surface area contributed by atoms with Crippen LogP contribution < -0.4 is 10.6 Å². The number of nitrogens with one attached hydrogen (secondary N) is 2. The van der Waals surface area contributed by atoms with Crippen molar-refractivity contribution in [3.63, 3.8) is 0 Å². The second-order valence-electron chi connectivity index (χ2n) is 5.17. The molecule has 19 heavy (non-hydrogen) atoms. The first-order valence-electron chi connectivity index (χ1n) is 6.76. The van der Waals surface area contributed by atoms with Crippen LogP contribution in [0, 0.1) is 6.92 Å². The number of amides is 1. The van der Waals surface area contributed by atoms with Gasteiger partial charge in [-0.3, -0.25) is 4.79 Å². The summed E-state index contributed by atoms with van der Waals surface area (Å²) in [6.07, 6.45) is 0. The van der Waals surface area contributed by atoms with Gasteiger partial charge in [0.05, 0.1) is 6.54 Å². The van der Waals surface area contributed by atoms with Gasteiger partial charge >= 0.3 is 0 Å². The number of hydrogen-bond donors (Lipinski definition) is 2. The Hall–Kier alpha value is -1.39. The van der Waals surface area contributed by atoms with E-state index in [0.717, 1.165) is 24.3 Å². The Kier molecular flexibility index (Phi) is 6.53. The lowest BCUT2D eigenvalue weighted by atomic mass is 10.2. The molecule has 0 heterocycles. The molecule has 0 atom stereocenters. The van der Waals surface area contributed by atoms with Crippen molar-refractivity contribution in [3.8, 4) is 0 Å². The van der Waals surface area contributed by atoms with Crippen molar-refractivity contribution in [2.75, 3.05) is 32.0 Å². The number of hydrogen-bond acceptors (Lipinski definition) is 3. The van der Waals surface area contributed by atoms with E-state index in [9.17, 15) is 4.79 Å². The average molecular weight is 263 g/mol. The number of nitrogens with zero attached hydrogens (tertiary/aromatic N) is 1. The normalized spacial score (nSPS) is 11.1. The van der Waals surface area contributed by atoms with Crippen LogP contribution in [0.4, 0.5) is 5.69 Å². The maximum Gasteiger partial charge on any atom is 0.238 e.